The second kappa shape index (κ2) is 10.0. The fourth-order valence-electron chi connectivity index (χ4n) is 2.92. The van der Waals surface area contributed by atoms with Crippen molar-refractivity contribution in [2.45, 2.75) is 20.5 Å². The zero-order valence-electron chi connectivity index (χ0n) is 17.6. The first kappa shape index (κ1) is 22.9. The lowest BCUT2D eigenvalue weighted by Gasteiger charge is -2.10. The molecule has 0 spiro atoms. The number of phenolic OH excluding ortho intramolecular Hbond substituents is 1. The van der Waals surface area contributed by atoms with E-state index in [1.165, 1.54) is 6.07 Å². The van der Waals surface area contributed by atoms with E-state index in [0.29, 0.717) is 21.8 Å². The average Bonchev–Trinajstić information content (AvgIpc) is 2.78. The van der Waals surface area contributed by atoms with Crippen LogP contribution in [0.3, 0.4) is 0 Å². The molecule has 3 rings (SSSR count). The quantitative estimate of drug-likeness (QED) is 0.190. The van der Waals surface area contributed by atoms with Gasteiger partial charge < -0.3 is 9.84 Å². The molecule has 0 heterocycles. The van der Waals surface area contributed by atoms with Gasteiger partial charge in [-0.2, -0.15) is 0 Å². The van der Waals surface area contributed by atoms with E-state index in [2.05, 4.69) is 16.8 Å². The van der Waals surface area contributed by atoms with Gasteiger partial charge in [-0.3, -0.25) is 4.79 Å². The zero-order chi connectivity index (χ0) is 23.3. The number of esters is 1. The Morgan fingerprint density at radius 2 is 1.72 bits per heavy atom. The lowest BCUT2D eigenvalue weighted by atomic mass is 10.0. The van der Waals surface area contributed by atoms with Gasteiger partial charge in [0.25, 0.3) is 0 Å². The summed E-state index contributed by atoms with van der Waals surface area (Å²) in [5, 5.41) is 19.3. The van der Waals surface area contributed by atoms with Gasteiger partial charge in [-0.05, 0) is 49.7 Å². The molecule has 0 radical (unpaired) electrons. The standard InChI is InChI=1S/C25H21ClN2O4/c1-15(2)25(31)32-14-18-11-16(3)12-22(24(18)30)28-27-21-10-9-19(26)13-20(21)23(29)17-7-5-4-6-8-17/h4-13,30H,1,14H2,2-3H3. The number of ether oxygens (including phenoxy) is 1. The van der Waals surface area contributed by atoms with Crippen molar-refractivity contribution in [1.82, 2.24) is 0 Å². The van der Waals surface area contributed by atoms with E-state index in [1.807, 2.05) is 13.0 Å². The zero-order valence-corrected chi connectivity index (χ0v) is 18.4. The number of phenols is 1. The Morgan fingerprint density at radius 1 is 1.03 bits per heavy atom. The van der Waals surface area contributed by atoms with E-state index in [-0.39, 0.29) is 35.0 Å². The molecule has 0 saturated heterocycles. The fraction of sp³-hybridized carbons (Fsp3) is 0.120. The number of carbonyl (C=O) groups excluding carboxylic acids is 2. The number of halogens is 1. The minimum Gasteiger partial charge on any atom is -0.505 e. The van der Waals surface area contributed by atoms with Crippen molar-refractivity contribution in [3.05, 3.63) is 100 Å². The van der Waals surface area contributed by atoms with Crippen LogP contribution in [0.4, 0.5) is 11.4 Å². The molecular weight excluding hydrogens is 428 g/mol. The van der Waals surface area contributed by atoms with E-state index < -0.39 is 5.97 Å². The summed E-state index contributed by atoms with van der Waals surface area (Å²) < 4.78 is 5.13. The molecule has 7 heteroatoms. The number of benzene rings is 3. The van der Waals surface area contributed by atoms with E-state index in [1.54, 1.807) is 55.5 Å². The molecule has 0 aliphatic carbocycles. The highest BCUT2D eigenvalue weighted by Crippen LogP contribution is 2.35. The van der Waals surface area contributed by atoms with Crippen LogP contribution in [0.5, 0.6) is 5.75 Å². The monoisotopic (exact) mass is 448 g/mol. The van der Waals surface area contributed by atoms with Crippen LogP contribution in [0, 0.1) is 6.92 Å². The smallest absolute Gasteiger partial charge is 0.333 e. The summed E-state index contributed by atoms with van der Waals surface area (Å²) in [6, 6.07) is 16.8. The predicted octanol–water partition coefficient (Wildman–Crippen LogP) is 6.62. The number of rotatable bonds is 7. The van der Waals surface area contributed by atoms with Crippen molar-refractivity contribution < 1.29 is 19.4 Å². The van der Waals surface area contributed by atoms with Crippen molar-refractivity contribution in [1.29, 1.82) is 0 Å². The van der Waals surface area contributed by atoms with Gasteiger partial charge in [-0.15, -0.1) is 10.2 Å². The summed E-state index contributed by atoms with van der Waals surface area (Å²) in [5.74, 6) is -0.971. The van der Waals surface area contributed by atoms with E-state index in [9.17, 15) is 14.7 Å². The molecule has 0 saturated carbocycles. The van der Waals surface area contributed by atoms with Crippen molar-refractivity contribution in [3.63, 3.8) is 0 Å². The van der Waals surface area contributed by atoms with Crippen LogP contribution in [0.15, 0.2) is 83.0 Å². The van der Waals surface area contributed by atoms with Gasteiger partial charge in [0.2, 0.25) is 0 Å². The first-order valence-corrected chi connectivity index (χ1v) is 10.1. The van der Waals surface area contributed by atoms with Gasteiger partial charge in [0, 0.05) is 21.7 Å². The van der Waals surface area contributed by atoms with Crippen LogP contribution < -0.4 is 0 Å². The Hall–Kier alpha value is -3.77. The minimum atomic E-state index is -0.556. The Morgan fingerprint density at radius 3 is 2.41 bits per heavy atom. The SMILES string of the molecule is C=C(C)C(=O)OCc1cc(C)cc(N=Nc2ccc(Cl)cc2C(=O)c2ccccc2)c1O. The lowest BCUT2D eigenvalue weighted by molar-refractivity contribution is -0.140. The summed E-state index contributed by atoms with van der Waals surface area (Å²) in [6.07, 6.45) is 0. The number of hydrogen-bond acceptors (Lipinski definition) is 6. The first-order valence-electron chi connectivity index (χ1n) is 9.72. The Kier molecular flexibility index (Phi) is 7.18. The van der Waals surface area contributed by atoms with Crippen molar-refractivity contribution >= 4 is 34.7 Å². The second-order valence-corrected chi connectivity index (χ2v) is 7.64. The van der Waals surface area contributed by atoms with Gasteiger partial charge in [-0.1, -0.05) is 48.5 Å². The maximum atomic E-state index is 12.9. The van der Waals surface area contributed by atoms with Crippen LogP contribution in [-0.4, -0.2) is 16.9 Å². The van der Waals surface area contributed by atoms with Crippen LogP contribution in [0.2, 0.25) is 5.02 Å². The van der Waals surface area contributed by atoms with E-state index in [4.69, 9.17) is 16.3 Å². The molecule has 1 N–H and O–H groups in total. The first-order chi connectivity index (χ1) is 15.3. The molecule has 0 bridgehead atoms. The van der Waals surface area contributed by atoms with Gasteiger partial charge in [0.1, 0.15) is 18.0 Å². The Bertz CT molecular complexity index is 1220. The van der Waals surface area contributed by atoms with Crippen molar-refractivity contribution in [3.8, 4) is 5.75 Å². The number of aryl methyl sites for hydroxylation is 1. The highest BCUT2D eigenvalue weighted by Gasteiger charge is 2.15. The number of carbonyl (C=O) groups is 2. The molecule has 0 aliphatic rings. The molecule has 3 aromatic rings. The Balaban J connectivity index is 1.94. The number of ketones is 1. The molecule has 0 aliphatic heterocycles. The largest absolute Gasteiger partial charge is 0.505 e. The fourth-order valence-corrected chi connectivity index (χ4v) is 3.09. The molecule has 3 aromatic carbocycles. The third kappa shape index (κ3) is 5.47. The van der Waals surface area contributed by atoms with Gasteiger partial charge in [0.05, 0.1) is 11.3 Å². The van der Waals surface area contributed by atoms with E-state index in [0.717, 1.165) is 5.56 Å². The summed E-state index contributed by atoms with van der Waals surface area (Å²) in [4.78, 5) is 24.6. The number of aromatic hydroxyl groups is 1. The van der Waals surface area contributed by atoms with Gasteiger partial charge >= 0.3 is 5.97 Å². The molecule has 6 nitrogen and oxygen atoms in total. The van der Waals surface area contributed by atoms with Crippen LogP contribution in [0.1, 0.15) is 34.0 Å². The predicted molar refractivity (Wildman–Crippen MR) is 123 cm³/mol. The van der Waals surface area contributed by atoms with E-state index >= 15 is 0 Å². The third-order valence-electron chi connectivity index (χ3n) is 4.52. The third-order valence-corrected chi connectivity index (χ3v) is 4.76. The molecule has 0 fully saturated rings. The van der Waals surface area contributed by atoms with Crippen LogP contribution in [0.25, 0.3) is 0 Å². The minimum absolute atomic E-state index is 0.138. The molecule has 0 aromatic heterocycles. The summed E-state index contributed by atoms with van der Waals surface area (Å²) in [6.45, 7) is 6.75. The topological polar surface area (TPSA) is 88.3 Å². The summed E-state index contributed by atoms with van der Waals surface area (Å²) in [7, 11) is 0. The highest BCUT2D eigenvalue weighted by molar-refractivity contribution is 6.31. The number of azo groups is 1. The number of hydrogen-bond donors (Lipinski definition) is 1. The molecule has 0 unspecified atom stereocenters. The Labute approximate surface area is 190 Å². The van der Waals surface area contributed by atoms with Crippen molar-refractivity contribution in [2.24, 2.45) is 10.2 Å². The van der Waals surface area contributed by atoms with Crippen molar-refractivity contribution in [2.75, 3.05) is 0 Å². The molecule has 0 amide bonds. The van der Waals surface area contributed by atoms with Crippen LogP contribution in [-0.2, 0) is 16.1 Å². The number of nitrogens with zero attached hydrogens (tertiary/aromatic N) is 2. The molecule has 162 valence electrons. The molecule has 32 heavy (non-hydrogen) atoms. The molecule has 0 atom stereocenters. The van der Waals surface area contributed by atoms with Crippen LogP contribution >= 0.6 is 11.6 Å². The second-order valence-electron chi connectivity index (χ2n) is 7.20. The van der Waals surface area contributed by atoms with Gasteiger partial charge in [-0.25, -0.2) is 4.79 Å². The normalized spacial score (nSPS) is 10.8. The highest BCUT2D eigenvalue weighted by atomic mass is 35.5. The maximum Gasteiger partial charge on any atom is 0.333 e. The molecular formula is C25H21ClN2O4. The summed E-state index contributed by atoms with van der Waals surface area (Å²) >= 11 is 6.10. The maximum absolute atomic E-state index is 12.9. The lowest BCUT2D eigenvalue weighted by Crippen LogP contribution is -2.05. The summed E-state index contributed by atoms with van der Waals surface area (Å²) in [5.41, 5.74) is 2.69. The average molecular weight is 449 g/mol. The van der Waals surface area contributed by atoms with Gasteiger partial charge in [0.15, 0.2) is 5.78 Å².